The fourth-order valence-corrected chi connectivity index (χ4v) is 2.54. The van der Waals surface area contributed by atoms with Gasteiger partial charge in [-0.15, -0.1) is 0 Å². The maximum absolute atomic E-state index is 2.29. The molecule has 0 N–H and O–H groups in total. The molecule has 0 aromatic heterocycles. The van der Waals surface area contributed by atoms with Gasteiger partial charge in [-0.2, -0.15) is 13.3 Å². The predicted octanol–water partition coefficient (Wildman–Crippen LogP) is 4.09. The van der Waals surface area contributed by atoms with Gasteiger partial charge in [0.15, 0.2) is 0 Å². The van der Waals surface area contributed by atoms with Crippen LogP contribution in [0.5, 0.6) is 0 Å². The van der Waals surface area contributed by atoms with E-state index in [0.29, 0.717) is 0 Å². The minimum Gasteiger partial charge on any atom is -0.332 e. The molecule has 0 fully saturated rings. The van der Waals surface area contributed by atoms with Crippen molar-refractivity contribution in [1.82, 2.24) is 0 Å². The molecule has 0 atom stereocenters. The maximum Gasteiger partial charge on any atom is 1.00 e. The molecule has 0 radical (unpaired) electrons. The first-order valence-electron chi connectivity index (χ1n) is 8.69. The summed E-state index contributed by atoms with van der Waals surface area (Å²) >= 11 is 0. The molecular formula is C18H37K. The fourth-order valence-electron chi connectivity index (χ4n) is 2.54. The second kappa shape index (κ2) is 21.9. The average Bonchev–Trinajstić information content (AvgIpc) is 2.39. The molecule has 0 amide bonds. The number of hydrogen-bond donors (Lipinski definition) is 0. The first-order valence-corrected chi connectivity index (χ1v) is 8.69. The van der Waals surface area contributed by atoms with Gasteiger partial charge in [0.1, 0.15) is 0 Å². The van der Waals surface area contributed by atoms with E-state index in [9.17, 15) is 0 Å². The van der Waals surface area contributed by atoms with Crippen LogP contribution in [0.25, 0.3) is 0 Å². The molecule has 0 aliphatic heterocycles. The molecular weight excluding hydrogens is 255 g/mol. The molecule has 0 saturated carbocycles. The van der Waals surface area contributed by atoms with Gasteiger partial charge in [-0.3, -0.25) is 0 Å². The van der Waals surface area contributed by atoms with Crippen molar-refractivity contribution in [2.45, 2.75) is 110 Å². The molecule has 0 aliphatic rings. The Labute approximate surface area is 166 Å². The van der Waals surface area contributed by atoms with E-state index < -0.39 is 0 Å². The summed E-state index contributed by atoms with van der Waals surface area (Å²) in [5, 5.41) is 0. The minimum absolute atomic E-state index is 0. The van der Waals surface area contributed by atoms with Gasteiger partial charge in [-0.25, -0.2) is 0 Å². The van der Waals surface area contributed by atoms with Crippen LogP contribution in [0.3, 0.4) is 0 Å². The first kappa shape index (κ1) is 22.9. The van der Waals surface area contributed by atoms with Crippen LogP contribution in [0.1, 0.15) is 110 Å². The summed E-state index contributed by atoms with van der Waals surface area (Å²) in [4.78, 5) is 0. The largest absolute Gasteiger partial charge is 1.00 e. The van der Waals surface area contributed by atoms with Crippen molar-refractivity contribution in [3.63, 3.8) is 0 Å². The third-order valence-electron chi connectivity index (χ3n) is 3.85. The van der Waals surface area contributed by atoms with Crippen LogP contribution >= 0.6 is 0 Å². The Hall–Kier alpha value is 1.64. The predicted molar refractivity (Wildman–Crippen MR) is 84.9 cm³/mol. The van der Waals surface area contributed by atoms with Crippen molar-refractivity contribution in [3.8, 4) is 0 Å². The molecule has 110 valence electrons. The van der Waals surface area contributed by atoms with Crippen molar-refractivity contribution in [1.29, 1.82) is 0 Å². The summed E-state index contributed by atoms with van der Waals surface area (Å²) in [6.07, 6.45) is 24.0. The SMILES string of the molecule is C[CH-]CCCCCCCCCCCCCCCC.[K+]. The summed E-state index contributed by atoms with van der Waals surface area (Å²) in [5.74, 6) is 0. The Bertz CT molecular complexity index is 118. The van der Waals surface area contributed by atoms with Gasteiger partial charge in [-0.05, 0) is 0 Å². The maximum atomic E-state index is 2.29. The average molecular weight is 293 g/mol. The molecule has 0 saturated heterocycles. The van der Waals surface area contributed by atoms with E-state index in [1.54, 1.807) is 0 Å². The summed E-state index contributed by atoms with van der Waals surface area (Å²) < 4.78 is 0. The van der Waals surface area contributed by atoms with E-state index in [1.807, 2.05) is 0 Å². The van der Waals surface area contributed by atoms with E-state index in [1.165, 1.54) is 96.3 Å². The molecule has 0 spiro atoms. The van der Waals surface area contributed by atoms with Crippen molar-refractivity contribution in [3.05, 3.63) is 6.42 Å². The van der Waals surface area contributed by atoms with Gasteiger partial charge < -0.3 is 6.42 Å². The van der Waals surface area contributed by atoms with Crippen LogP contribution in [0.2, 0.25) is 0 Å². The molecule has 19 heavy (non-hydrogen) atoms. The number of rotatable bonds is 15. The molecule has 0 rings (SSSR count). The van der Waals surface area contributed by atoms with Crippen LogP contribution in [-0.4, -0.2) is 0 Å². The van der Waals surface area contributed by atoms with Gasteiger partial charge in [0.2, 0.25) is 0 Å². The molecule has 0 bridgehead atoms. The van der Waals surface area contributed by atoms with Crippen LogP contribution < -0.4 is 51.4 Å². The molecule has 0 aromatic rings. The smallest absolute Gasteiger partial charge is 0.332 e. The zero-order valence-electron chi connectivity index (χ0n) is 14.2. The summed E-state index contributed by atoms with van der Waals surface area (Å²) in [6.45, 7) is 4.46. The van der Waals surface area contributed by atoms with Crippen molar-refractivity contribution < 1.29 is 51.4 Å². The fraction of sp³-hybridized carbons (Fsp3) is 0.944. The van der Waals surface area contributed by atoms with Crippen LogP contribution in [0, 0.1) is 6.42 Å². The Balaban J connectivity index is 0. The standard InChI is InChI=1S/C18H37.K/c1-3-5-7-9-11-13-15-17-18-16-14-12-10-8-6-4-2;/h3H,4-18H2,1-2H3;/q-1;+1. The van der Waals surface area contributed by atoms with Crippen molar-refractivity contribution in [2.75, 3.05) is 0 Å². The summed E-state index contributed by atoms with van der Waals surface area (Å²) in [7, 11) is 0. The van der Waals surface area contributed by atoms with Crippen LogP contribution in [0.15, 0.2) is 0 Å². The molecule has 0 aromatic carbocycles. The molecule has 0 aliphatic carbocycles. The van der Waals surface area contributed by atoms with Gasteiger partial charge in [0.25, 0.3) is 0 Å². The summed E-state index contributed by atoms with van der Waals surface area (Å²) in [5.41, 5.74) is 0. The second-order valence-corrected chi connectivity index (χ2v) is 5.79. The molecule has 0 nitrogen and oxygen atoms in total. The molecule has 0 unspecified atom stereocenters. The monoisotopic (exact) mass is 292 g/mol. The van der Waals surface area contributed by atoms with Crippen LogP contribution in [-0.2, 0) is 0 Å². The Morgan fingerprint density at radius 1 is 0.526 bits per heavy atom. The van der Waals surface area contributed by atoms with E-state index in [2.05, 4.69) is 20.3 Å². The third kappa shape index (κ3) is 22.1. The van der Waals surface area contributed by atoms with Gasteiger partial charge >= 0.3 is 51.4 Å². The van der Waals surface area contributed by atoms with Crippen molar-refractivity contribution >= 4 is 0 Å². The first-order chi connectivity index (χ1) is 8.91. The molecule has 1 heteroatoms. The van der Waals surface area contributed by atoms with E-state index >= 15 is 0 Å². The Morgan fingerprint density at radius 2 is 0.842 bits per heavy atom. The van der Waals surface area contributed by atoms with E-state index in [0.717, 1.165) is 0 Å². The van der Waals surface area contributed by atoms with Gasteiger partial charge in [-0.1, -0.05) is 96.8 Å². The third-order valence-corrected chi connectivity index (χ3v) is 3.85. The topological polar surface area (TPSA) is 0 Å². The van der Waals surface area contributed by atoms with Gasteiger partial charge in [0.05, 0.1) is 0 Å². The second-order valence-electron chi connectivity index (χ2n) is 5.79. The zero-order valence-corrected chi connectivity index (χ0v) is 17.3. The zero-order chi connectivity index (χ0) is 13.3. The molecule has 0 heterocycles. The quantitative estimate of drug-likeness (QED) is 0.242. The number of hydrogen-bond acceptors (Lipinski definition) is 0. The van der Waals surface area contributed by atoms with E-state index in [4.69, 9.17) is 0 Å². The Kier molecular flexibility index (Phi) is 26.4. The number of unbranched alkanes of at least 4 members (excludes halogenated alkanes) is 15. The van der Waals surface area contributed by atoms with Gasteiger partial charge in [0, 0.05) is 0 Å². The summed E-state index contributed by atoms with van der Waals surface area (Å²) in [6, 6.07) is 0. The Morgan fingerprint density at radius 3 is 1.16 bits per heavy atom. The van der Waals surface area contributed by atoms with Crippen molar-refractivity contribution in [2.24, 2.45) is 0 Å². The van der Waals surface area contributed by atoms with Crippen LogP contribution in [0.4, 0.5) is 0 Å². The minimum atomic E-state index is 0. The van der Waals surface area contributed by atoms with E-state index in [-0.39, 0.29) is 51.4 Å². The normalized spacial score (nSPS) is 10.4.